The molecule has 1 aromatic carbocycles. The van der Waals surface area contributed by atoms with Crippen LogP contribution in [0, 0.1) is 5.92 Å². The number of likely N-dealkylation sites (tertiary alicyclic amines) is 1. The third-order valence-electron chi connectivity index (χ3n) is 4.64. The Morgan fingerprint density at radius 3 is 2.52 bits per heavy atom. The second-order valence-electron chi connectivity index (χ2n) is 6.44. The van der Waals surface area contributed by atoms with Gasteiger partial charge in [0.05, 0.1) is 12.0 Å². The first-order valence-corrected chi connectivity index (χ1v) is 8.89. The average Bonchev–Trinajstić information content (AvgIpc) is 2.62. The van der Waals surface area contributed by atoms with Crippen molar-refractivity contribution < 1.29 is 19.5 Å². The van der Waals surface area contributed by atoms with Gasteiger partial charge in [-0.25, -0.2) is 4.79 Å². The van der Waals surface area contributed by atoms with Gasteiger partial charge >= 0.3 is 5.97 Å². The number of nitrogens with one attached hydrogen (secondary N) is 1. The van der Waals surface area contributed by atoms with Crippen LogP contribution < -0.4 is 5.32 Å². The van der Waals surface area contributed by atoms with Crippen LogP contribution in [0.2, 0.25) is 0 Å². The van der Waals surface area contributed by atoms with E-state index in [4.69, 9.17) is 0 Å². The number of hydrogen-bond donors (Lipinski definition) is 2. The number of carboxylic acids is 1. The van der Waals surface area contributed by atoms with Crippen LogP contribution >= 0.6 is 0 Å². The van der Waals surface area contributed by atoms with Gasteiger partial charge in [-0.1, -0.05) is 31.5 Å². The Morgan fingerprint density at radius 1 is 1.20 bits per heavy atom. The molecule has 0 spiro atoms. The lowest BCUT2D eigenvalue weighted by atomic mass is 9.95. The molecule has 1 aliphatic rings. The lowest BCUT2D eigenvalue weighted by Gasteiger charge is -2.31. The van der Waals surface area contributed by atoms with E-state index in [9.17, 15) is 19.5 Å². The van der Waals surface area contributed by atoms with Gasteiger partial charge in [-0.3, -0.25) is 9.59 Å². The van der Waals surface area contributed by atoms with E-state index < -0.39 is 5.97 Å². The molecule has 2 amide bonds. The largest absolute Gasteiger partial charge is 0.478 e. The van der Waals surface area contributed by atoms with E-state index in [1.807, 2.05) is 0 Å². The smallest absolute Gasteiger partial charge is 0.335 e. The summed E-state index contributed by atoms with van der Waals surface area (Å²) in [6.45, 7) is 3.87. The Balaban J connectivity index is 1.85. The fourth-order valence-electron chi connectivity index (χ4n) is 3.08. The Labute approximate surface area is 148 Å². The maximum atomic E-state index is 12.5. The first-order chi connectivity index (χ1) is 12.0. The lowest BCUT2D eigenvalue weighted by molar-refractivity contribution is -0.135. The molecule has 1 heterocycles. The molecule has 0 aliphatic carbocycles. The number of aromatic carboxylic acids is 1. The van der Waals surface area contributed by atoms with E-state index >= 15 is 0 Å². The van der Waals surface area contributed by atoms with Crippen LogP contribution in [-0.2, 0) is 16.0 Å². The minimum Gasteiger partial charge on any atom is -0.478 e. The molecule has 0 unspecified atom stereocenters. The number of nitrogens with zero attached hydrogens (tertiary/aromatic N) is 1. The molecule has 1 aromatic rings. The highest BCUT2D eigenvalue weighted by molar-refractivity contribution is 5.91. The lowest BCUT2D eigenvalue weighted by Crippen LogP contribution is -2.43. The zero-order chi connectivity index (χ0) is 18.2. The Bertz CT molecular complexity index is 622. The minimum absolute atomic E-state index is 0.0350. The van der Waals surface area contributed by atoms with Gasteiger partial charge in [0.25, 0.3) is 0 Å². The van der Waals surface area contributed by atoms with E-state index in [1.165, 1.54) is 6.07 Å². The highest BCUT2D eigenvalue weighted by Gasteiger charge is 2.27. The third-order valence-corrected chi connectivity index (χ3v) is 4.64. The predicted molar refractivity (Wildman–Crippen MR) is 94.3 cm³/mol. The van der Waals surface area contributed by atoms with E-state index in [0.29, 0.717) is 38.0 Å². The topological polar surface area (TPSA) is 86.7 Å². The molecule has 0 bridgehead atoms. The molecule has 6 heteroatoms. The van der Waals surface area contributed by atoms with Crippen LogP contribution in [0.4, 0.5) is 0 Å². The number of amides is 2. The van der Waals surface area contributed by atoms with Crippen molar-refractivity contribution in [3.05, 3.63) is 35.4 Å². The summed E-state index contributed by atoms with van der Waals surface area (Å²) in [5.41, 5.74) is 0.695. The van der Waals surface area contributed by atoms with Crippen molar-refractivity contribution in [3.63, 3.8) is 0 Å². The molecule has 6 nitrogen and oxygen atoms in total. The van der Waals surface area contributed by atoms with Crippen LogP contribution in [0.5, 0.6) is 0 Å². The first kappa shape index (κ1) is 19.0. The number of piperidine rings is 1. The number of carboxylic acid groups (broad SMARTS) is 1. The molecule has 0 atom stereocenters. The van der Waals surface area contributed by atoms with Crippen molar-refractivity contribution in [2.45, 2.75) is 39.0 Å². The molecular formula is C19H26N2O4. The van der Waals surface area contributed by atoms with E-state index in [0.717, 1.165) is 12.8 Å². The summed E-state index contributed by atoms with van der Waals surface area (Å²) in [5, 5.41) is 12.2. The summed E-state index contributed by atoms with van der Waals surface area (Å²) in [6, 6.07) is 6.58. The van der Waals surface area contributed by atoms with Crippen LogP contribution in [0.15, 0.2) is 24.3 Å². The van der Waals surface area contributed by atoms with Crippen molar-refractivity contribution in [2.75, 3.05) is 19.6 Å². The van der Waals surface area contributed by atoms with Gasteiger partial charge in [0, 0.05) is 25.6 Å². The fourth-order valence-corrected chi connectivity index (χ4v) is 3.08. The quantitative estimate of drug-likeness (QED) is 0.740. The molecule has 1 saturated heterocycles. The van der Waals surface area contributed by atoms with Gasteiger partial charge < -0.3 is 15.3 Å². The Morgan fingerprint density at radius 2 is 1.88 bits per heavy atom. The summed E-state index contributed by atoms with van der Waals surface area (Å²) >= 11 is 0. The molecular weight excluding hydrogens is 320 g/mol. The molecule has 25 heavy (non-hydrogen) atoms. The highest BCUT2D eigenvalue weighted by atomic mass is 16.4. The summed E-state index contributed by atoms with van der Waals surface area (Å²) in [5.74, 6) is -1.06. The zero-order valence-electron chi connectivity index (χ0n) is 14.7. The minimum atomic E-state index is -1.02. The summed E-state index contributed by atoms with van der Waals surface area (Å²) in [6.07, 6.45) is 3.42. The molecule has 1 aliphatic heterocycles. The molecule has 1 fully saturated rings. The number of rotatable bonds is 7. The van der Waals surface area contributed by atoms with E-state index in [1.54, 1.807) is 23.1 Å². The number of hydrogen-bond acceptors (Lipinski definition) is 3. The summed E-state index contributed by atoms with van der Waals surface area (Å²) < 4.78 is 0. The van der Waals surface area contributed by atoms with E-state index in [2.05, 4.69) is 12.2 Å². The van der Waals surface area contributed by atoms with Crippen LogP contribution in [0.1, 0.15) is 48.5 Å². The molecule has 0 saturated carbocycles. The molecule has 2 N–H and O–H groups in total. The van der Waals surface area contributed by atoms with Crippen LogP contribution in [0.3, 0.4) is 0 Å². The van der Waals surface area contributed by atoms with Gasteiger partial charge in [-0.05, 0) is 30.9 Å². The number of benzene rings is 1. The Hall–Kier alpha value is -2.37. The van der Waals surface area contributed by atoms with Crippen LogP contribution in [0.25, 0.3) is 0 Å². The van der Waals surface area contributed by atoms with Crippen molar-refractivity contribution >= 4 is 17.8 Å². The first-order valence-electron chi connectivity index (χ1n) is 8.89. The normalized spacial score (nSPS) is 15.0. The summed E-state index contributed by atoms with van der Waals surface area (Å²) in [7, 11) is 0. The van der Waals surface area contributed by atoms with Gasteiger partial charge in [-0.15, -0.1) is 0 Å². The second kappa shape index (κ2) is 9.20. The summed E-state index contributed by atoms with van der Waals surface area (Å²) in [4.78, 5) is 37.5. The van der Waals surface area contributed by atoms with Gasteiger partial charge in [0.1, 0.15) is 0 Å². The number of unbranched alkanes of at least 4 members (excludes halogenated alkanes) is 1. The van der Waals surface area contributed by atoms with Crippen molar-refractivity contribution in [2.24, 2.45) is 5.92 Å². The van der Waals surface area contributed by atoms with Gasteiger partial charge in [0.2, 0.25) is 11.8 Å². The van der Waals surface area contributed by atoms with E-state index in [-0.39, 0.29) is 29.7 Å². The van der Waals surface area contributed by atoms with Crippen molar-refractivity contribution in [1.82, 2.24) is 10.2 Å². The second-order valence-corrected chi connectivity index (χ2v) is 6.44. The Kier molecular flexibility index (Phi) is 6.98. The third kappa shape index (κ3) is 5.31. The molecule has 0 radical (unpaired) electrons. The van der Waals surface area contributed by atoms with Crippen molar-refractivity contribution in [1.29, 1.82) is 0 Å². The predicted octanol–water partition coefficient (Wildman–Crippen LogP) is 2.08. The van der Waals surface area contributed by atoms with Crippen molar-refractivity contribution in [3.8, 4) is 0 Å². The number of carbonyl (C=O) groups is 3. The SMILES string of the molecule is CCCCNC(=O)C1CCN(C(=O)Cc2ccccc2C(=O)O)CC1. The monoisotopic (exact) mass is 346 g/mol. The maximum Gasteiger partial charge on any atom is 0.335 e. The van der Waals surface area contributed by atoms with Gasteiger partial charge in [0.15, 0.2) is 0 Å². The molecule has 0 aromatic heterocycles. The molecule has 2 rings (SSSR count). The van der Waals surface area contributed by atoms with Gasteiger partial charge in [-0.2, -0.15) is 0 Å². The molecule has 136 valence electrons. The fraction of sp³-hybridized carbons (Fsp3) is 0.526. The average molecular weight is 346 g/mol. The number of carbonyl (C=O) groups excluding carboxylic acids is 2. The highest BCUT2D eigenvalue weighted by Crippen LogP contribution is 2.19. The zero-order valence-corrected chi connectivity index (χ0v) is 14.7. The standard InChI is InChI=1S/C19H26N2O4/c1-2-3-10-20-18(23)14-8-11-21(12-9-14)17(22)13-15-6-4-5-7-16(15)19(24)25/h4-7,14H,2-3,8-13H2,1H3,(H,20,23)(H,24,25). The maximum absolute atomic E-state index is 12.5. The van der Waals surface area contributed by atoms with Crippen LogP contribution in [-0.4, -0.2) is 47.4 Å².